The van der Waals surface area contributed by atoms with Crippen LogP contribution in [0.5, 0.6) is 5.75 Å². The summed E-state index contributed by atoms with van der Waals surface area (Å²) < 4.78 is 54.2. The van der Waals surface area contributed by atoms with Gasteiger partial charge in [0.15, 0.2) is 0 Å². The fraction of sp³-hybridized carbons (Fsp3) is 0.222. The first-order valence-electron chi connectivity index (χ1n) is 3.75. The van der Waals surface area contributed by atoms with Gasteiger partial charge < -0.3 is 4.74 Å². The smallest absolute Gasteiger partial charge is 0.416 e. The molecule has 0 aromatic heterocycles. The summed E-state index contributed by atoms with van der Waals surface area (Å²) >= 11 is 0. The summed E-state index contributed by atoms with van der Waals surface area (Å²) in [5, 5.41) is 8.47. The average Bonchev–Trinajstić information content (AvgIpc) is 2.15. The first-order chi connectivity index (χ1) is 6.90. The fourth-order valence-corrected chi connectivity index (χ4v) is 1.01. The van der Waals surface area contributed by atoms with E-state index in [0.29, 0.717) is 6.07 Å². The molecule has 2 nitrogen and oxygen atoms in total. The minimum absolute atomic E-state index is 0.265. The Morgan fingerprint density at radius 3 is 2.33 bits per heavy atom. The van der Waals surface area contributed by atoms with Crippen LogP contribution in [0.1, 0.15) is 11.1 Å². The summed E-state index contributed by atoms with van der Waals surface area (Å²) in [6.07, 6.45) is -4.66. The molecule has 0 heterocycles. The standard InChI is InChI=1S/C9H5F4NO/c1-15-8-3-5(9(11,12)13)2-7(10)6(8)4-14/h2-3H,1H3. The van der Waals surface area contributed by atoms with Crippen molar-refractivity contribution in [3.8, 4) is 11.8 Å². The maximum absolute atomic E-state index is 13.0. The molecule has 15 heavy (non-hydrogen) atoms. The summed E-state index contributed by atoms with van der Waals surface area (Å²) in [6.45, 7) is 0. The molecule has 0 saturated carbocycles. The van der Waals surface area contributed by atoms with Gasteiger partial charge in [0.2, 0.25) is 0 Å². The highest BCUT2D eigenvalue weighted by atomic mass is 19.4. The van der Waals surface area contributed by atoms with E-state index < -0.39 is 28.9 Å². The van der Waals surface area contributed by atoms with Crippen molar-refractivity contribution in [3.05, 3.63) is 29.1 Å². The lowest BCUT2D eigenvalue weighted by Gasteiger charge is -2.10. The molecule has 1 aromatic carbocycles. The summed E-state index contributed by atoms with van der Waals surface area (Å²) in [5.41, 5.74) is -1.72. The number of hydrogen-bond donors (Lipinski definition) is 0. The molecule has 0 aliphatic rings. The average molecular weight is 219 g/mol. The van der Waals surface area contributed by atoms with Crippen LogP contribution in [0.2, 0.25) is 0 Å². The number of benzene rings is 1. The van der Waals surface area contributed by atoms with Gasteiger partial charge in [-0.2, -0.15) is 18.4 Å². The molecular weight excluding hydrogens is 214 g/mol. The number of nitrogens with zero attached hydrogens (tertiary/aromatic N) is 1. The fourth-order valence-electron chi connectivity index (χ4n) is 1.01. The Morgan fingerprint density at radius 1 is 1.33 bits per heavy atom. The number of alkyl halides is 3. The van der Waals surface area contributed by atoms with Gasteiger partial charge in [-0.25, -0.2) is 4.39 Å². The maximum atomic E-state index is 13.0. The summed E-state index contributed by atoms with van der Waals surface area (Å²) in [5.74, 6) is -1.67. The van der Waals surface area contributed by atoms with Gasteiger partial charge in [-0.1, -0.05) is 0 Å². The molecule has 0 bridgehead atoms. The topological polar surface area (TPSA) is 33.0 Å². The molecule has 0 unspecified atom stereocenters. The van der Waals surface area contributed by atoms with Gasteiger partial charge in [0.1, 0.15) is 23.2 Å². The Morgan fingerprint density at radius 2 is 1.93 bits per heavy atom. The molecule has 0 N–H and O–H groups in total. The van der Waals surface area contributed by atoms with E-state index in [9.17, 15) is 17.6 Å². The molecule has 6 heteroatoms. The SMILES string of the molecule is COc1cc(C(F)(F)F)cc(F)c1C#N. The van der Waals surface area contributed by atoms with E-state index >= 15 is 0 Å². The normalized spacial score (nSPS) is 10.9. The van der Waals surface area contributed by atoms with Gasteiger partial charge >= 0.3 is 6.18 Å². The van der Waals surface area contributed by atoms with Crippen molar-refractivity contribution in [2.75, 3.05) is 7.11 Å². The third kappa shape index (κ3) is 2.18. The molecule has 0 aliphatic carbocycles. The second-order valence-electron chi connectivity index (χ2n) is 2.64. The number of rotatable bonds is 1. The largest absolute Gasteiger partial charge is 0.495 e. The van der Waals surface area contributed by atoms with Crippen molar-refractivity contribution >= 4 is 0 Å². The van der Waals surface area contributed by atoms with E-state index in [-0.39, 0.29) is 6.07 Å². The Balaban J connectivity index is 3.40. The van der Waals surface area contributed by atoms with Crippen LogP contribution in [0.3, 0.4) is 0 Å². The van der Waals surface area contributed by atoms with E-state index in [4.69, 9.17) is 5.26 Å². The van der Waals surface area contributed by atoms with Gasteiger partial charge in [-0.15, -0.1) is 0 Å². The minimum atomic E-state index is -4.66. The van der Waals surface area contributed by atoms with Crippen LogP contribution in [-0.4, -0.2) is 7.11 Å². The summed E-state index contributed by atoms with van der Waals surface area (Å²) in [7, 11) is 1.07. The zero-order chi connectivity index (χ0) is 11.6. The van der Waals surface area contributed by atoms with Gasteiger partial charge in [-0.3, -0.25) is 0 Å². The predicted octanol–water partition coefficient (Wildman–Crippen LogP) is 2.72. The first-order valence-corrected chi connectivity index (χ1v) is 3.75. The lowest BCUT2D eigenvalue weighted by molar-refractivity contribution is -0.137. The van der Waals surface area contributed by atoms with Crippen molar-refractivity contribution in [3.63, 3.8) is 0 Å². The van der Waals surface area contributed by atoms with Gasteiger partial charge in [0.05, 0.1) is 12.7 Å². The third-order valence-corrected chi connectivity index (χ3v) is 1.71. The number of ether oxygens (including phenoxy) is 1. The van der Waals surface area contributed by atoms with E-state index in [1.165, 1.54) is 6.07 Å². The van der Waals surface area contributed by atoms with Crippen LogP contribution in [0.25, 0.3) is 0 Å². The molecule has 0 spiro atoms. The van der Waals surface area contributed by atoms with Crippen LogP contribution in [0.4, 0.5) is 17.6 Å². The van der Waals surface area contributed by atoms with Crippen molar-refractivity contribution in [2.45, 2.75) is 6.18 Å². The van der Waals surface area contributed by atoms with Gasteiger partial charge in [0, 0.05) is 0 Å². The Kier molecular flexibility index (Phi) is 2.84. The first kappa shape index (κ1) is 11.3. The molecule has 0 atom stereocenters. The van der Waals surface area contributed by atoms with Gasteiger partial charge in [0.25, 0.3) is 0 Å². The molecule has 0 aliphatic heterocycles. The molecule has 80 valence electrons. The molecular formula is C9H5F4NO. The van der Waals surface area contributed by atoms with Crippen molar-refractivity contribution in [2.24, 2.45) is 0 Å². The van der Waals surface area contributed by atoms with E-state index in [0.717, 1.165) is 7.11 Å². The highest BCUT2D eigenvalue weighted by Crippen LogP contribution is 2.34. The summed E-state index contributed by atoms with van der Waals surface area (Å²) in [6, 6.07) is 2.28. The Bertz CT molecular complexity index is 419. The Labute approximate surface area is 82.7 Å². The predicted molar refractivity (Wildman–Crippen MR) is 42.7 cm³/mol. The monoisotopic (exact) mass is 219 g/mol. The zero-order valence-corrected chi connectivity index (χ0v) is 7.52. The van der Waals surface area contributed by atoms with Crippen LogP contribution in [0, 0.1) is 17.1 Å². The van der Waals surface area contributed by atoms with Crippen molar-refractivity contribution in [1.82, 2.24) is 0 Å². The van der Waals surface area contributed by atoms with Crippen LogP contribution in [0.15, 0.2) is 12.1 Å². The molecule has 1 rings (SSSR count). The van der Waals surface area contributed by atoms with Crippen LogP contribution < -0.4 is 4.74 Å². The maximum Gasteiger partial charge on any atom is 0.416 e. The van der Waals surface area contributed by atoms with E-state index in [1.54, 1.807) is 0 Å². The quantitative estimate of drug-likeness (QED) is 0.680. The van der Waals surface area contributed by atoms with Crippen LogP contribution in [-0.2, 0) is 6.18 Å². The molecule has 0 saturated heterocycles. The molecule has 0 radical (unpaired) electrons. The molecule has 0 fully saturated rings. The second-order valence-corrected chi connectivity index (χ2v) is 2.64. The van der Waals surface area contributed by atoms with Gasteiger partial charge in [-0.05, 0) is 12.1 Å². The summed E-state index contributed by atoms with van der Waals surface area (Å²) in [4.78, 5) is 0. The van der Waals surface area contributed by atoms with Crippen molar-refractivity contribution < 1.29 is 22.3 Å². The molecule has 1 aromatic rings. The van der Waals surface area contributed by atoms with Crippen molar-refractivity contribution in [1.29, 1.82) is 5.26 Å². The number of nitriles is 1. The highest BCUT2D eigenvalue weighted by Gasteiger charge is 2.32. The highest BCUT2D eigenvalue weighted by molar-refractivity contribution is 5.47. The van der Waals surface area contributed by atoms with E-state index in [2.05, 4.69) is 4.74 Å². The minimum Gasteiger partial charge on any atom is -0.495 e. The molecule has 0 amide bonds. The van der Waals surface area contributed by atoms with Crippen LogP contribution >= 0.6 is 0 Å². The zero-order valence-electron chi connectivity index (χ0n) is 7.52. The number of hydrogen-bond acceptors (Lipinski definition) is 2. The number of methoxy groups -OCH3 is 1. The Hall–Kier alpha value is -1.77. The second kappa shape index (κ2) is 3.77. The lowest BCUT2D eigenvalue weighted by atomic mass is 10.1. The lowest BCUT2D eigenvalue weighted by Crippen LogP contribution is -2.07. The third-order valence-electron chi connectivity index (χ3n) is 1.71. The van der Waals surface area contributed by atoms with E-state index in [1.807, 2.05) is 0 Å². The number of halogens is 4.